The minimum absolute atomic E-state index is 0.00806. The van der Waals surface area contributed by atoms with E-state index >= 15 is 0 Å². The first-order valence-corrected chi connectivity index (χ1v) is 7.48. The fraction of sp³-hybridized carbons (Fsp3) is 0.867. The van der Waals surface area contributed by atoms with Crippen LogP contribution in [0.4, 0.5) is 0 Å². The molecule has 1 aliphatic carbocycles. The van der Waals surface area contributed by atoms with Crippen molar-refractivity contribution in [2.75, 3.05) is 0 Å². The summed E-state index contributed by atoms with van der Waals surface area (Å²) >= 11 is 0. The largest absolute Gasteiger partial charge is 0.480 e. The topological polar surface area (TPSA) is 66.4 Å². The van der Waals surface area contributed by atoms with Crippen LogP contribution in [0.1, 0.15) is 59.3 Å². The van der Waals surface area contributed by atoms with Gasteiger partial charge in [-0.15, -0.1) is 0 Å². The molecule has 0 aliphatic heterocycles. The summed E-state index contributed by atoms with van der Waals surface area (Å²) in [5.74, 6) is -0.333. The van der Waals surface area contributed by atoms with E-state index in [-0.39, 0.29) is 17.7 Å². The number of rotatable bonds is 6. The predicted octanol–water partition coefficient (Wildman–Crippen LogP) is 2.82. The summed E-state index contributed by atoms with van der Waals surface area (Å²) in [6.45, 7) is 5.83. The van der Waals surface area contributed by atoms with Crippen LogP contribution >= 0.6 is 0 Å². The molecule has 0 spiro atoms. The molecule has 0 heterocycles. The number of hydrogen-bond acceptors (Lipinski definition) is 2. The maximum absolute atomic E-state index is 12.1. The summed E-state index contributed by atoms with van der Waals surface area (Å²) in [4.78, 5) is 23.2. The highest BCUT2D eigenvalue weighted by Gasteiger charge is 2.30. The number of carbonyl (C=O) groups is 2. The highest BCUT2D eigenvalue weighted by Crippen LogP contribution is 2.31. The van der Waals surface area contributed by atoms with Crippen LogP contribution in [0.25, 0.3) is 0 Å². The van der Waals surface area contributed by atoms with Crippen LogP contribution in [0.5, 0.6) is 0 Å². The predicted molar refractivity (Wildman–Crippen MR) is 74.8 cm³/mol. The van der Waals surface area contributed by atoms with E-state index in [1.807, 2.05) is 13.8 Å². The van der Waals surface area contributed by atoms with Crippen molar-refractivity contribution in [2.45, 2.75) is 65.3 Å². The third-order valence-corrected chi connectivity index (χ3v) is 4.14. The van der Waals surface area contributed by atoms with Gasteiger partial charge in [0.25, 0.3) is 0 Å². The molecule has 1 atom stereocenters. The highest BCUT2D eigenvalue weighted by molar-refractivity contribution is 5.85. The maximum Gasteiger partial charge on any atom is 0.326 e. The molecule has 0 aromatic carbocycles. The van der Waals surface area contributed by atoms with E-state index in [0.29, 0.717) is 0 Å². The lowest BCUT2D eigenvalue weighted by Gasteiger charge is -2.29. The minimum atomic E-state index is -0.942. The third kappa shape index (κ3) is 4.84. The Morgan fingerprint density at radius 1 is 1.21 bits per heavy atom. The molecule has 1 rings (SSSR count). The number of carboxylic acids is 1. The number of amides is 1. The van der Waals surface area contributed by atoms with E-state index < -0.39 is 12.0 Å². The van der Waals surface area contributed by atoms with Crippen LogP contribution in [0.2, 0.25) is 0 Å². The zero-order chi connectivity index (χ0) is 14.4. The molecule has 19 heavy (non-hydrogen) atoms. The smallest absolute Gasteiger partial charge is 0.326 e. The van der Waals surface area contributed by atoms with Crippen LogP contribution in [-0.4, -0.2) is 23.0 Å². The van der Waals surface area contributed by atoms with Crippen LogP contribution in [0, 0.1) is 17.8 Å². The van der Waals surface area contributed by atoms with Gasteiger partial charge in [0.05, 0.1) is 0 Å². The molecular formula is C15H27NO3. The summed E-state index contributed by atoms with van der Waals surface area (Å²) in [5.41, 5.74) is 0. The van der Waals surface area contributed by atoms with Crippen LogP contribution in [0.3, 0.4) is 0 Å². The highest BCUT2D eigenvalue weighted by atomic mass is 16.4. The quantitative estimate of drug-likeness (QED) is 0.779. The number of aliphatic carboxylic acids is 1. The van der Waals surface area contributed by atoms with Crippen molar-refractivity contribution < 1.29 is 14.7 Å². The molecule has 1 fully saturated rings. The Labute approximate surface area is 116 Å². The van der Waals surface area contributed by atoms with E-state index in [2.05, 4.69) is 12.2 Å². The van der Waals surface area contributed by atoms with Gasteiger partial charge in [-0.25, -0.2) is 4.79 Å². The van der Waals surface area contributed by atoms with E-state index in [4.69, 9.17) is 5.11 Å². The van der Waals surface area contributed by atoms with Gasteiger partial charge < -0.3 is 10.4 Å². The van der Waals surface area contributed by atoms with Gasteiger partial charge in [0.1, 0.15) is 6.04 Å². The number of carboxylic acid groups (broad SMARTS) is 1. The second kappa shape index (κ2) is 7.51. The van der Waals surface area contributed by atoms with Gasteiger partial charge in [-0.1, -0.05) is 33.6 Å². The number of nitrogens with one attached hydrogen (secondary N) is 1. The molecule has 1 aliphatic rings. The second-order valence-electron chi connectivity index (χ2n) is 6.07. The van der Waals surface area contributed by atoms with E-state index in [0.717, 1.165) is 31.6 Å². The van der Waals surface area contributed by atoms with E-state index in [9.17, 15) is 9.59 Å². The molecular weight excluding hydrogens is 242 g/mol. The third-order valence-electron chi connectivity index (χ3n) is 4.14. The van der Waals surface area contributed by atoms with Gasteiger partial charge in [0.15, 0.2) is 0 Å². The van der Waals surface area contributed by atoms with Crippen molar-refractivity contribution in [3.63, 3.8) is 0 Å². The van der Waals surface area contributed by atoms with Gasteiger partial charge in [-0.3, -0.25) is 4.79 Å². The molecule has 4 nitrogen and oxygen atoms in total. The maximum atomic E-state index is 12.1. The van der Waals surface area contributed by atoms with Crippen molar-refractivity contribution in [1.82, 2.24) is 5.32 Å². The van der Waals surface area contributed by atoms with Crippen molar-refractivity contribution in [3.05, 3.63) is 0 Å². The molecule has 0 bridgehead atoms. The average Bonchev–Trinajstić information content (AvgIpc) is 2.36. The molecule has 0 aromatic rings. The summed E-state index contributed by atoms with van der Waals surface area (Å²) < 4.78 is 0. The van der Waals surface area contributed by atoms with Crippen LogP contribution < -0.4 is 5.32 Å². The second-order valence-corrected chi connectivity index (χ2v) is 6.07. The first kappa shape index (κ1) is 16.0. The molecule has 1 amide bonds. The van der Waals surface area contributed by atoms with Crippen LogP contribution in [-0.2, 0) is 9.59 Å². The van der Waals surface area contributed by atoms with Gasteiger partial charge in [-0.2, -0.15) is 0 Å². The lowest BCUT2D eigenvalue weighted by Crippen LogP contribution is -2.47. The Morgan fingerprint density at radius 2 is 1.79 bits per heavy atom. The van der Waals surface area contributed by atoms with Crippen molar-refractivity contribution >= 4 is 11.9 Å². The summed E-state index contributed by atoms with van der Waals surface area (Å²) in [6.07, 6.45) is 6.46. The minimum Gasteiger partial charge on any atom is -0.480 e. The van der Waals surface area contributed by atoms with Gasteiger partial charge >= 0.3 is 5.97 Å². The molecule has 2 N–H and O–H groups in total. The van der Waals surface area contributed by atoms with E-state index in [1.54, 1.807) is 0 Å². The van der Waals surface area contributed by atoms with Crippen molar-refractivity contribution in [1.29, 1.82) is 0 Å². The van der Waals surface area contributed by atoms with Crippen molar-refractivity contribution in [3.8, 4) is 0 Å². The lowest BCUT2D eigenvalue weighted by atomic mass is 9.79. The number of carbonyl (C=O) groups excluding carboxylic acids is 1. The van der Waals surface area contributed by atoms with Gasteiger partial charge in [-0.05, 0) is 37.5 Å². The fourth-order valence-corrected chi connectivity index (χ4v) is 2.91. The summed E-state index contributed by atoms with van der Waals surface area (Å²) in [6, 6.07) is -0.763. The first-order chi connectivity index (χ1) is 8.95. The monoisotopic (exact) mass is 269 g/mol. The van der Waals surface area contributed by atoms with Crippen LogP contribution in [0.15, 0.2) is 0 Å². The molecule has 0 radical (unpaired) electrons. The van der Waals surface area contributed by atoms with Crippen molar-refractivity contribution in [2.24, 2.45) is 17.8 Å². The molecule has 110 valence electrons. The lowest BCUT2D eigenvalue weighted by molar-refractivity contribution is -0.144. The SMILES string of the molecule is CCCC1CCC(C(=O)NC(C(=O)O)C(C)C)CC1. The standard InChI is InChI=1S/C15H27NO3/c1-4-5-11-6-8-12(9-7-11)14(17)16-13(10(2)3)15(18)19/h10-13H,4-9H2,1-3H3,(H,16,17)(H,18,19). The summed E-state index contributed by atoms with van der Waals surface area (Å²) in [5, 5.41) is 11.8. The fourth-order valence-electron chi connectivity index (χ4n) is 2.91. The van der Waals surface area contributed by atoms with Gasteiger partial charge in [0, 0.05) is 5.92 Å². The average molecular weight is 269 g/mol. The van der Waals surface area contributed by atoms with Gasteiger partial charge in [0.2, 0.25) is 5.91 Å². The Morgan fingerprint density at radius 3 is 2.21 bits per heavy atom. The first-order valence-electron chi connectivity index (χ1n) is 7.48. The number of hydrogen-bond donors (Lipinski definition) is 2. The zero-order valence-corrected chi connectivity index (χ0v) is 12.3. The molecule has 4 heteroatoms. The Bertz CT molecular complexity index is 307. The molecule has 0 aromatic heterocycles. The molecule has 0 saturated heterocycles. The zero-order valence-electron chi connectivity index (χ0n) is 12.3. The Kier molecular flexibility index (Phi) is 6.32. The Hall–Kier alpha value is -1.06. The normalized spacial score (nSPS) is 25.1. The molecule has 1 unspecified atom stereocenters. The van der Waals surface area contributed by atoms with E-state index in [1.165, 1.54) is 12.8 Å². The summed E-state index contributed by atoms with van der Waals surface area (Å²) in [7, 11) is 0. The molecule has 1 saturated carbocycles. The Balaban J connectivity index is 2.44.